The standard InChI is InChI=1S/C28H38N4OSSi/c1-26(2,3)35(5,6)33-20-27(4)19-24-30-31-25(32(24)17-18-34-27)28(14-15-28)22-12-10-21(11-13-22)23-9-7-8-16-29-23/h7-13,16H,14-15,17-20H2,1-6H3. The Morgan fingerprint density at radius 1 is 1.06 bits per heavy atom. The summed E-state index contributed by atoms with van der Waals surface area (Å²) in [5, 5.41) is 9.77. The van der Waals surface area contributed by atoms with Crippen molar-refractivity contribution in [3.8, 4) is 11.3 Å². The van der Waals surface area contributed by atoms with E-state index in [1.165, 1.54) is 5.56 Å². The van der Waals surface area contributed by atoms with Crippen LogP contribution >= 0.6 is 11.8 Å². The van der Waals surface area contributed by atoms with Gasteiger partial charge in [0, 0.05) is 41.8 Å². The van der Waals surface area contributed by atoms with E-state index in [-0.39, 0.29) is 15.2 Å². The van der Waals surface area contributed by atoms with Gasteiger partial charge in [-0.05, 0) is 55.6 Å². The zero-order chi connectivity index (χ0) is 24.9. The first-order valence-electron chi connectivity index (χ1n) is 12.8. The Kier molecular flexibility index (Phi) is 6.25. The summed E-state index contributed by atoms with van der Waals surface area (Å²) in [7, 11) is -1.79. The molecule has 1 aliphatic heterocycles. The average Bonchev–Trinajstić information content (AvgIpc) is 3.57. The smallest absolute Gasteiger partial charge is 0.192 e. The number of pyridine rings is 1. The van der Waals surface area contributed by atoms with Gasteiger partial charge in [0.05, 0.1) is 11.1 Å². The van der Waals surface area contributed by atoms with Crippen LogP contribution in [0.2, 0.25) is 18.1 Å². The molecule has 2 aromatic heterocycles. The molecule has 0 amide bonds. The molecule has 7 heteroatoms. The number of fused-ring (bicyclic) bond motifs is 1. The normalized spacial score (nSPS) is 21.9. The second-order valence-electron chi connectivity index (χ2n) is 12.0. The van der Waals surface area contributed by atoms with E-state index >= 15 is 0 Å². The summed E-state index contributed by atoms with van der Waals surface area (Å²) < 4.78 is 9.11. The first-order valence-corrected chi connectivity index (χ1v) is 16.6. The van der Waals surface area contributed by atoms with E-state index in [2.05, 4.69) is 80.7 Å². The maximum absolute atomic E-state index is 6.67. The first kappa shape index (κ1) is 24.7. The zero-order valence-electron chi connectivity index (χ0n) is 22.0. The Bertz CT molecular complexity index is 1180. The van der Waals surface area contributed by atoms with Crippen molar-refractivity contribution in [3.05, 3.63) is 65.9 Å². The van der Waals surface area contributed by atoms with Gasteiger partial charge in [-0.3, -0.25) is 4.98 Å². The predicted molar refractivity (Wildman–Crippen MR) is 147 cm³/mol. The maximum atomic E-state index is 6.67. The van der Waals surface area contributed by atoms with Gasteiger partial charge in [0.25, 0.3) is 0 Å². The molecule has 1 unspecified atom stereocenters. The minimum absolute atomic E-state index is 0.00303. The third kappa shape index (κ3) is 4.75. The summed E-state index contributed by atoms with van der Waals surface area (Å²) in [4.78, 5) is 4.49. The fraction of sp³-hybridized carbons (Fsp3) is 0.536. The fourth-order valence-electron chi connectivity index (χ4n) is 4.73. The van der Waals surface area contributed by atoms with E-state index in [0.29, 0.717) is 0 Å². The summed E-state index contributed by atoms with van der Waals surface area (Å²) in [5.74, 6) is 3.32. The molecule has 5 nitrogen and oxygen atoms in total. The Morgan fingerprint density at radius 3 is 2.43 bits per heavy atom. The molecule has 0 saturated heterocycles. The van der Waals surface area contributed by atoms with Crippen LogP contribution in [-0.4, -0.2) is 45.2 Å². The van der Waals surface area contributed by atoms with Gasteiger partial charge in [0.1, 0.15) is 11.6 Å². The van der Waals surface area contributed by atoms with Crippen molar-refractivity contribution in [2.24, 2.45) is 0 Å². The van der Waals surface area contributed by atoms with E-state index in [0.717, 1.165) is 61.1 Å². The Morgan fingerprint density at radius 2 is 1.80 bits per heavy atom. The summed E-state index contributed by atoms with van der Waals surface area (Å²) in [5.41, 5.74) is 3.50. The van der Waals surface area contributed by atoms with Crippen molar-refractivity contribution in [1.82, 2.24) is 19.7 Å². The average molecular weight is 507 g/mol. The topological polar surface area (TPSA) is 52.8 Å². The van der Waals surface area contributed by atoms with Crippen LogP contribution in [0.25, 0.3) is 11.3 Å². The lowest BCUT2D eigenvalue weighted by Crippen LogP contribution is -2.45. The number of benzene rings is 1. The van der Waals surface area contributed by atoms with Crippen LogP contribution in [0.5, 0.6) is 0 Å². The Labute approximate surface area is 215 Å². The molecule has 0 bridgehead atoms. The van der Waals surface area contributed by atoms with E-state index in [1.54, 1.807) is 0 Å². The third-order valence-electron chi connectivity index (χ3n) is 8.25. The van der Waals surface area contributed by atoms with Crippen molar-refractivity contribution < 1.29 is 4.43 Å². The number of thioether (sulfide) groups is 1. The minimum atomic E-state index is -1.79. The van der Waals surface area contributed by atoms with Gasteiger partial charge in [0.15, 0.2) is 8.32 Å². The van der Waals surface area contributed by atoms with Crippen molar-refractivity contribution in [3.63, 3.8) is 0 Å². The van der Waals surface area contributed by atoms with Crippen LogP contribution in [-0.2, 0) is 22.8 Å². The van der Waals surface area contributed by atoms with Gasteiger partial charge in [-0.25, -0.2) is 0 Å². The van der Waals surface area contributed by atoms with Crippen molar-refractivity contribution in [2.75, 3.05) is 12.4 Å². The number of hydrogen-bond acceptors (Lipinski definition) is 5. The van der Waals surface area contributed by atoms with E-state index in [1.807, 2.05) is 30.1 Å². The highest BCUT2D eigenvalue weighted by Crippen LogP contribution is 2.53. The first-order chi connectivity index (χ1) is 16.5. The zero-order valence-corrected chi connectivity index (χ0v) is 23.8. The molecule has 0 N–H and O–H groups in total. The van der Waals surface area contributed by atoms with Gasteiger partial charge >= 0.3 is 0 Å². The quantitative estimate of drug-likeness (QED) is 0.358. The van der Waals surface area contributed by atoms with Crippen LogP contribution in [0.3, 0.4) is 0 Å². The van der Waals surface area contributed by atoms with Crippen LogP contribution in [0.15, 0.2) is 48.7 Å². The van der Waals surface area contributed by atoms with E-state index in [9.17, 15) is 0 Å². The highest BCUT2D eigenvalue weighted by molar-refractivity contribution is 8.00. The molecule has 2 aliphatic rings. The minimum Gasteiger partial charge on any atom is -0.415 e. The lowest BCUT2D eigenvalue weighted by molar-refractivity contribution is 0.252. The molecule has 1 aliphatic carbocycles. The second-order valence-corrected chi connectivity index (χ2v) is 18.5. The van der Waals surface area contributed by atoms with Gasteiger partial charge in [-0.1, -0.05) is 51.1 Å². The van der Waals surface area contributed by atoms with Gasteiger partial charge in [-0.2, -0.15) is 11.8 Å². The maximum Gasteiger partial charge on any atom is 0.192 e. The molecule has 186 valence electrons. The van der Waals surface area contributed by atoms with Crippen LogP contribution in [0, 0.1) is 0 Å². The molecule has 35 heavy (non-hydrogen) atoms. The number of hydrogen-bond donors (Lipinski definition) is 0. The fourth-order valence-corrected chi connectivity index (χ4v) is 7.08. The molecule has 1 saturated carbocycles. The van der Waals surface area contributed by atoms with Crippen molar-refractivity contribution in [2.45, 2.75) is 81.8 Å². The highest BCUT2D eigenvalue weighted by atomic mass is 32.2. The third-order valence-corrected chi connectivity index (χ3v) is 14.1. The van der Waals surface area contributed by atoms with Crippen LogP contribution < -0.4 is 0 Å². The molecule has 1 aromatic carbocycles. The van der Waals surface area contributed by atoms with Crippen LogP contribution in [0.1, 0.15) is 57.7 Å². The molecule has 1 atom stereocenters. The van der Waals surface area contributed by atoms with Crippen LogP contribution in [0.4, 0.5) is 0 Å². The number of aromatic nitrogens is 4. The van der Waals surface area contributed by atoms with Gasteiger partial charge < -0.3 is 8.99 Å². The summed E-state index contributed by atoms with van der Waals surface area (Å²) in [6.45, 7) is 15.7. The van der Waals surface area contributed by atoms with E-state index < -0.39 is 8.32 Å². The predicted octanol–water partition coefficient (Wildman–Crippen LogP) is 6.49. The van der Waals surface area contributed by atoms with E-state index in [4.69, 9.17) is 14.6 Å². The molecular weight excluding hydrogens is 468 g/mol. The molecule has 0 spiro atoms. The van der Waals surface area contributed by atoms with Gasteiger partial charge in [0.2, 0.25) is 0 Å². The largest absolute Gasteiger partial charge is 0.415 e. The van der Waals surface area contributed by atoms with Crippen molar-refractivity contribution in [1.29, 1.82) is 0 Å². The molecule has 5 rings (SSSR count). The molecular formula is C28H38N4OSSi. The van der Waals surface area contributed by atoms with Gasteiger partial charge in [-0.15, -0.1) is 10.2 Å². The Balaban J connectivity index is 1.36. The molecule has 3 aromatic rings. The number of rotatable bonds is 6. The lowest BCUT2D eigenvalue weighted by Gasteiger charge is -2.39. The SMILES string of the molecule is CC1(CO[Si](C)(C)C(C)(C)C)Cc2nnc(C3(c4ccc(-c5ccccn5)cc4)CC3)n2CCS1. The summed E-state index contributed by atoms with van der Waals surface area (Å²) in [6, 6.07) is 15.0. The monoisotopic (exact) mass is 506 g/mol. The lowest BCUT2D eigenvalue weighted by atomic mass is 9.93. The Hall–Kier alpha value is -1.96. The summed E-state index contributed by atoms with van der Waals surface area (Å²) >= 11 is 2.04. The molecule has 1 fully saturated rings. The summed E-state index contributed by atoms with van der Waals surface area (Å²) in [6.07, 6.45) is 5.01. The second kappa shape index (κ2) is 8.85. The molecule has 0 radical (unpaired) electrons. The van der Waals surface area contributed by atoms with Crippen molar-refractivity contribution >= 4 is 20.1 Å². The molecule has 3 heterocycles. The number of nitrogens with zero attached hydrogens (tertiary/aromatic N) is 4. The highest BCUT2D eigenvalue weighted by Gasteiger charge is 2.51.